The Bertz CT molecular complexity index is 200. The van der Waals surface area contributed by atoms with Crippen LogP contribution in [0, 0.1) is 11.3 Å². The average Bonchev–Trinajstić information content (AvgIpc) is 2.09. The maximum atomic E-state index is 11.5. The minimum atomic E-state index is -0.688. The zero-order chi connectivity index (χ0) is 10.1. The van der Waals surface area contributed by atoms with E-state index in [1.54, 1.807) is 6.92 Å². The first-order valence-corrected chi connectivity index (χ1v) is 4.84. The number of esters is 1. The second-order valence-electron chi connectivity index (χ2n) is 4.35. The highest BCUT2D eigenvalue weighted by atomic mass is 16.5. The van der Waals surface area contributed by atoms with Crippen molar-refractivity contribution < 1.29 is 14.6 Å². The summed E-state index contributed by atoms with van der Waals surface area (Å²) in [4.78, 5) is 11.5. The van der Waals surface area contributed by atoms with Gasteiger partial charge in [-0.1, -0.05) is 13.8 Å². The van der Waals surface area contributed by atoms with Crippen molar-refractivity contribution in [3.05, 3.63) is 0 Å². The van der Waals surface area contributed by atoms with Gasteiger partial charge in [-0.15, -0.1) is 0 Å². The number of ether oxygens (including phenoxy) is 1. The van der Waals surface area contributed by atoms with Gasteiger partial charge < -0.3 is 9.84 Å². The van der Waals surface area contributed by atoms with Crippen molar-refractivity contribution in [2.75, 3.05) is 6.61 Å². The van der Waals surface area contributed by atoms with Crippen LogP contribution < -0.4 is 0 Å². The van der Waals surface area contributed by atoms with Crippen LogP contribution in [0.2, 0.25) is 0 Å². The predicted octanol–water partition coefficient (Wildman–Crippen LogP) is 1.35. The van der Waals surface area contributed by atoms with Crippen molar-refractivity contribution in [3.63, 3.8) is 0 Å². The third-order valence-electron chi connectivity index (χ3n) is 2.82. The Labute approximate surface area is 79.1 Å². The number of carbonyl (C=O) groups is 1. The molecule has 0 amide bonds. The molecule has 1 saturated heterocycles. The molecule has 13 heavy (non-hydrogen) atoms. The molecule has 2 atom stereocenters. The highest BCUT2D eigenvalue weighted by Gasteiger charge is 2.44. The number of cyclic esters (lactones) is 1. The van der Waals surface area contributed by atoms with E-state index in [9.17, 15) is 9.90 Å². The van der Waals surface area contributed by atoms with Crippen LogP contribution in [0.25, 0.3) is 0 Å². The fourth-order valence-electron chi connectivity index (χ4n) is 1.88. The Balaban J connectivity index is 2.77. The largest absolute Gasteiger partial charge is 0.465 e. The molecule has 0 unspecified atom stereocenters. The van der Waals surface area contributed by atoms with Gasteiger partial charge in [-0.2, -0.15) is 0 Å². The summed E-state index contributed by atoms with van der Waals surface area (Å²) in [6.07, 6.45) is 0.984. The Morgan fingerprint density at radius 3 is 2.62 bits per heavy atom. The lowest BCUT2D eigenvalue weighted by Gasteiger charge is -2.37. The van der Waals surface area contributed by atoms with Crippen molar-refractivity contribution in [2.45, 2.75) is 39.7 Å². The Kier molecular flexibility index (Phi) is 2.96. The zero-order valence-corrected chi connectivity index (χ0v) is 8.54. The van der Waals surface area contributed by atoms with E-state index in [0.717, 1.165) is 12.8 Å². The van der Waals surface area contributed by atoms with Gasteiger partial charge in [0.1, 0.15) is 0 Å². The van der Waals surface area contributed by atoms with Crippen LogP contribution in [-0.2, 0) is 9.53 Å². The standard InChI is InChI=1S/C10H18O3/c1-7(2)8(11)10(3)5-4-6-13-9(10)12/h7-8,11H,4-6H2,1-3H3/t8-,10-/m0/s1. The van der Waals surface area contributed by atoms with Crippen molar-refractivity contribution in [1.82, 2.24) is 0 Å². The van der Waals surface area contributed by atoms with Gasteiger partial charge in [-0.25, -0.2) is 0 Å². The van der Waals surface area contributed by atoms with E-state index in [2.05, 4.69) is 0 Å². The fourth-order valence-corrected chi connectivity index (χ4v) is 1.88. The van der Waals surface area contributed by atoms with Crippen LogP contribution in [0.1, 0.15) is 33.6 Å². The number of hydrogen-bond donors (Lipinski definition) is 1. The average molecular weight is 186 g/mol. The van der Waals surface area contributed by atoms with Crippen molar-refractivity contribution in [2.24, 2.45) is 11.3 Å². The summed E-state index contributed by atoms with van der Waals surface area (Å²) in [5, 5.41) is 9.88. The van der Waals surface area contributed by atoms with Gasteiger partial charge in [0.25, 0.3) is 0 Å². The molecule has 0 saturated carbocycles. The van der Waals surface area contributed by atoms with E-state index in [1.165, 1.54) is 0 Å². The minimum Gasteiger partial charge on any atom is -0.465 e. The van der Waals surface area contributed by atoms with Crippen molar-refractivity contribution in [3.8, 4) is 0 Å². The number of hydrogen-bond acceptors (Lipinski definition) is 3. The number of aliphatic hydroxyl groups excluding tert-OH is 1. The lowest BCUT2D eigenvalue weighted by atomic mass is 9.74. The molecular formula is C10H18O3. The molecule has 1 N–H and O–H groups in total. The van der Waals surface area contributed by atoms with Crippen LogP contribution in [0.3, 0.4) is 0 Å². The monoisotopic (exact) mass is 186 g/mol. The summed E-state index contributed by atoms with van der Waals surface area (Å²) in [5.41, 5.74) is -0.688. The predicted molar refractivity (Wildman–Crippen MR) is 49.1 cm³/mol. The quantitative estimate of drug-likeness (QED) is 0.662. The summed E-state index contributed by atoms with van der Waals surface area (Å²) in [5.74, 6) is -0.157. The van der Waals surface area contributed by atoms with Crippen LogP contribution in [0.5, 0.6) is 0 Å². The molecule has 1 fully saturated rings. The molecule has 1 aliphatic rings. The molecule has 1 aliphatic heterocycles. The van der Waals surface area contributed by atoms with Gasteiger partial charge in [0.15, 0.2) is 0 Å². The van der Waals surface area contributed by atoms with E-state index in [-0.39, 0.29) is 11.9 Å². The summed E-state index contributed by atoms with van der Waals surface area (Å²) in [7, 11) is 0. The van der Waals surface area contributed by atoms with Gasteiger partial charge in [0, 0.05) is 0 Å². The van der Waals surface area contributed by atoms with Gasteiger partial charge in [-0.3, -0.25) is 4.79 Å². The highest BCUT2D eigenvalue weighted by molar-refractivity contribution is 5.77. The van der Waals surface area contributed by atoms with Crippen LogP contribution in [0.15, 0.2) is 0 Å². The van der Waals surface area contributed by atoms with Crippen molar-refractivity contribution in [1.29, 1.82) is 0 Å². The molecule has 0 aliphatic carbocycles. The fraction of sp³-hybridized carbons (Fsp3) is 0.900. The highest BCUT2D eigenvalue weighted by Crippen LogP contribution is 2.35. The molecule has 76 valence electrons. The van der Waals surface area contributed by atoms with Crippen LogP contribution in [-0.4, -0.2) is 23.8 Å². The van der Waals surface area contributed by atoms with E-state index < -0.39 is 11.5 Å². The second-order valence-corrected chi connectivity index (χ2v) is 4.35. The summed E-state index contributed by atoms with van der Waals surface area (Å²) in [6, 6.07) is 0. The number of aliphatic hydroxyl groups is 1. The number of rotatable bonds is 2. The lowest BCUT2D eigenvalue weighted by Crippen LogP contribution is -2.46. The SMILES string of the molecule is CC(C)[C@H](O)[C@]1(C)CCCOC1=O. The molecule has 0 spiro atoms. The summed E-state index contributed by atoms with van der Waals surface area (Å²) >= 11 is 0. The van der Waals surface area contributed by atoms with E-state index in [0.29, 0.717) is 6.61 Å². The molecular weight excluding hydrogens is 168 g/mol. The Morgan fingerprint density at radius 1 is 1.54 bits per heavy atom. The molecule has 1 rings (SSSR count). The normalized spacial score (nSPS) is 31.6. The van der Waals surface area contributed by atoms with Gasteiger partial charge in [0.2, 0.25) is 0 Å². The third-order valence-corrected chi connectivity index (χ3v) is 2.82. The molecule has 0 aromatic carbocycles. The smallest absolute Gasteiger partial charge is 0.314 e. The molecule has 0 bridgehead atoms. The molecule has 3 heteroatoms. The first-order chi connectivity index (χ1) is 5.98. The zero-order valence-electron chi connectivity index (χ0n) is 8.54. The Morgan fingerprint density at radius 2 is 2.15 bits per heavy atom. The van der Waals surface area contributed by atoms with E-state index in [4.69, 9.17) is 4.74 Å². The molecule has 0 aromatic heterocycles. The summed E-state index contributed by atoms with van der Waals surface area (Å²) in [6.45, 7) is 6.12. The van der Waals surface area contributed by atoms with Crippen molar-refractivity contribution >= 4 is 5.97 Å². The maximum Gasteiger partial charge on any atom is 0.314 e. The molecule has 0 radical (unpaired) electrons. The van der Waals surface area contributed by atoms with Gasteiger partial charge in [-0.05, 0) is 25.7 Å². The third kappa shape index (κ3) is 1.85. The van der Waals surface area contributed by atoms with Gasteiger partial charge in [0.05, 0.1) is 18.1 Å². The molecule has 1 heterocycles. The first kappa shape index (κ1) is 10.5. The van der Waals surface area contributed by atoms with E-state index >= 15 is 0 Å². The maximum absolute atomic E-state index is 11.5. The van der Waals surface area contributed by atoms with Crippen LogP contribution >= 0.6 is 0 Å². The minimum absolute atomic E-state index is 0.0932. The van der Waals surface area contributed by atoms with Crippen LogP contribution in [0.4, 0.5) is 0 Å². The van der Waals surface area contributed by atoms with E-state index in [1.807, 2.05) is 13.8 Å². The topological polar surface area (TPSA) is 46.5 Å². The number of carbonyl (C=O) groups excluding carboxylic acids is 1. The summed E-state index contributed by atoms with van der Waals surface area (Å²) < 4.78 is 4.97. The molecule has 0 aromatic rings. The molecule has 3 nitrogen and oxygen atoms in total. The lowest BCUT2D eigenvalue weighted by molar-refractivity contribution is -0.171. The van der Waals surface area contributed by atoms with Gasteiger partial charge >= 0.3 is 5.97 Å². The second kappa shape index (κ2) is 3.66. The first-order valence-electron chi connectivity index (χ1n) is 4.84. The Hall–Kier alpha value is -0.570.